The van der Waals surface area contributed by atoms with Crippen LogP contribution in [0.4, 0.5) is 0 Å². The smallest absolute Gasteiger partial charge is 0.0979 e. The number of hydrogen-bond acceptors (Lipinski definition) is 2. The van der Waals surface area contributed by atoms with Crippen LogP contribution in [0.15, 0.2) is 54.6 Å². The third-order valence-electron chi connectivity index (χ3n) is 6.45. The van der Waals surface area contributed by atoms with Gasteiger partial charge in [0.2, 0.25) is 0 Å². The quantitative estimate of drug-likeness (QED) is 0.892. The van der Waals surface area contributed by atoms with Crippen LogP contribution >= 0.6 is 0 Å². The second-order valence-electron chi connectivity index (χ2n) is 7.88. The lowest BCUT2D eigenvalue weighted by molar-refractivity contribution is -0.101. The van der Waals surface area contributed by atoms with Crippen LogP contribution in [0.3, 0.4) is 0 Å². The molecule has 2 heteroatoms. The Balaban J connectivity index is 1.71. The maximum Gasteiger partial charge on any atom is 0.0979 e. The van der Waals surface area contributed by atoms with Crippen molar-refractivity contribution in [2.75, 3.05) is 19.6 Å². The molecule has 25 heavy (non-hydrogen) atoms. The van der Waals surface area contributed by atoms with Crippen molar-refractivity contribution in [2.45, 2.75) is 38.2 Å². The monoisotopic (exact) mass is 335 g/mol. The fourth-order valence-corrected chi connectivity index (χ4v) is 4.89. The van der Waals surface area contributed by atoms with Crippen LogP contribution in [0.1, 0.15) is 36.5 Å². The van der Waals surface area contributed by atoms with Crippen molar-refractivity contribution in [1.29, 1.82) is 0 Å². The van der Waals surface area contributed by atoms with Crippen LogP contribution in [0.25, 0.3) is 0 Å². The van der Waals surface area contributed by atoms with Crippen molar-refractivity contribution in [1.82, 2.24) is 4.90 Å². The molecule has 5 rings (SSSR count). The molecular formula is C23H29NO. The van der Waals surface area contributed by atoms with Crippen molar-refractivity contribution in [3.63, 3.8) is 0 Å². The average molecular weight is 335 g/mol. The first-order valence-corrected chi connectivity index (χ1v) is 9.77. The van der Waals surface area contributed by atoms with E-state index in [4.69, 9.17) is 0 Å². The molecule has 132 valence electrons. The maximum absolute atomic E-state index is 12.0. The maximum atomic E-state index is 12.0. The minimum absolute atomic E-state index is 0.322. The van der Waals surface area contributed by atoms with Gasteiger partial charge in [-0.05, 0) is 55.0 Å². The van der Waals surface area contributed by atoms with Crippen LogP contribution in [-0.2, 0) is 18.4 Å². The average Bonchev–Trinajstić information content (AvgIpc) is 2.69. The van der Waals surface area contributed by atoms with Crippen LogP contribution in [0.5, 0.6) is 0 Å². The summed E-state index contributed by atoms with van der Waals surface area (Å²) in [5, 5.41) is 12.0. The molecule has 2 aromatic rings. The van der Waals surface area contributed by atoms with Gasteiger partial charge in [0.1, 0.15) is 0 Å². The number of piperidine rings is 3. The molecule has 0 amide bonds. The van der Waals surface area contributed by atoms with Crippen LogP contribution < -0.4 is 0 Å². The van der Waals surface area contributed by atoms with E-state index in [-0.39, 0.29) is 0 Å². The summed E-state index contributed by atoms with van der Waals surface area (Å²) in [5.41, 5.74) is 2.87. The number of aryl methyl sites for hydroxylation is 1. The molecule has 0 aliphatic carbocycles. The molecule has 0 saturated carbocycles. The molecule has 2 aromatic carbocycles. The summed E-state index contributed by atoms with van der Waals surface area (Å²) in [6.07, 6.45) is 4.20. The largest absolute Gasteiger partial charge is 0.384 e. The van der Waals surface area contributed by atoms with Gasteiger partial charge >= 0.3 is 0 Å². The molecular weight excluding hydrogens is 306 g/mol. The van der Waals surface area contributed by atoms with Crippen molar-refractivity contribution in [3.05, 3.63) is 71.3 Å². The lowest BCUT2D eigenvalue weighted by atomic mass is 9.66. The Morgan fingerprint density at radius 2 is 1.64 bits per heavy atom. The van der Waals surface area contributed by atoms with Gasteiger partial charge in [-0.1, -0.05) is 61.5 Å². The normalized spacial score (nSPS) is 27.8. The topological polar surface area (TPSA) is 23.5 Å². The highest BCUT2D eigenvalue weighted by Crippen LogP contribution is 2.45. The Morgan fingerprint density at radius 3 is 2.20 bits per heavy atom. The molecule has 2 nitrogen and oxygen atoms in total. The van der Waals surface area contributed by atoms with Gasteiger partial charge in [-0.15, -0.1) is 0 Å². The number of nitrogens with zero attached hydrogens (tertiary/aromatic N) is 1. The van der Waals surface area contributed by atoms with E-state index in [0.29, 0.717) is 18.3 Å². The minimum atomic E-state index is -0.780. The third-order valence-corrected chi connectivity index (χ3v) is 6.45. The fraction of sp³-hybridized carbons (Fsp3) is 0.478. The van der Waals surface area contributed by atoms with Crippen LogP contribution in [0.2, 0.25) is 0 Å². The van der Waals surface area contributed by atoms with Crippen LogP contribution in [0, 0.1) is 11.8 Å². The highest BCUT2D eigenvalue weighted by molar-refractivity contribution is 5.31. The number of hydrogen-bond donors (Lipinski definition) is 1. The molecule has 2 unspecified atom stereocenters. The van der Waals surface area contributed by atoms with Crippen molar-refractivity contribution in [2.24, 2.45) is 11.8 Å². The first-order valence-electron chi connectivity index (χ1n) is 9.77. The highest BCUT2D eigenvalue weighted by Gasteiger charge is 2.47. The minimum Gasteiger partial charge on any atom is -0.384 e. The van der Waals surface area contributed by atoms with Gasteiger partial charge in [-0.25, -0.2) is 0 Å². The van der Waals surface area contributed by atoms with E-state index < -0.39 is 5.60 Å². The standard InChI is InChI=1S/C23H29NO/c1-2-18-8-10-21(11-9-18)23(25,16-19-6-4-3-5-7-19)22-17-24-14-12-20(22)13-15-24/h3-11,20,22,25H,2,12-17H2,1H3. The predicted octanol–water partition coefficient (Wildman–Crippen LogP) is 4.02. The Bertz CT molecular complexity index is 688. The van der Waals surface area contributed by atoms with E-state index in [2.05, 4.69) is 60.4 Å². The van der Waals surface area contributed by atoms with Gasteiger partial charge in [0, 0.05) is 18.9 Å². The van der Waals surface area contributed by atoms with E-state index in [0.717, 1.165) is 18.5 Å². The summed E-state index contributed by atoms with van der Waals surface area (Å²) in [5.74, 6) is 0.965. The Kier molecular flexibility index (Phi) is 4.66. The van der Waals surface area contributed by atoms with E-state index >= 15 is 0 Å². The zero-order valence-corrected chi connectivity index (χ0v) is 15.2. The molecule has 1 N–H and O–H groups in total. The van der Waals surface area contributed by atoms with Crippen molar-refractivity contribution in [3.8, 4) is 0 Å². The number of rotatable bonds is 5. The third kappa shape index (κ3) is 3.26. The van der Waals surface area contributed by atoms with Gasteiger partial charge in [-0.2, -0.15) is 0 Å². The molecule has 2 atom stereocenters. The molecule has 0 spiro atoms. The Morgan fingerprint density at radius 1 is 0.960 bits per heavy atom. The number of benzene rings is 2. The SMILES string of the molecule is CCc1ccc(C(O)(Cc2ccccc2)C2CN3CCC2CC3)cc1. The van der Waals surface area contributed by atoms with E-state index in [1.807, 2.05) is 6.07 Å². The molecule has 0 aromatic heterocycles. The predicted molar refractivity (Wildman–Crippen MR) is 103 cm³/mol. The second kappa shape index (κ2) is 6.93. The summed E-state index contributed by atoms with van der Waals surface area (Å²) < 4.78 is 0. The van der Waals surface area contributed by atoms with Gasteiger partial charge in [-0.3, -0.25) is 0 Å². The summed E-state index contributed by atoms with van der Waals surface area (Å²) in [4.78, 5) is 2.54. The van der Waals surface area contributed by atoms with Gasteiger partial charge < -0.3 is 10.0 Å². The second-order valence-corrected chi connectivity index (χ2v) is 7.88. The number of fused-ring (bicyclic) bond motifs is 3. The van der Waals surface area contributed by atoms with E-state index in [9.17, 15) is 5.11 Å². The molecule has 3 saturated heterocycles. The highest BCUT2D eigenvalue weighted by atomic mass is 16.3. The van der Waals surface area contributed by atoms with Gasteiger partial charge in [0.15, 0.2) is 0 Å². The van der Waals surface area contributed by atoms with Gasteiger partial charge in [0.25, 0.3) is 0 Å². The lowest BCUT2D eigenvalue weighted by Gasteiger charge is -2.51. The van der Waals surface area contributed by atoms with E-state index in [1.54, 1.807) is 0 Å². The zero-order valence-electron chi connectivity index (χ0n) is 15.2. The lowest BCUT2D eigenvalue weighted by Crippen LogP contribution is -2.55. The zero-order chi connectivity index (χ0) is 17.3. The summed E-state index contributed by atoms with van der Waals surface area (Å²) >= 11 is 0. The molecule has 3 fully saturated rings. The summed E-state index contributed by atoms with van der Waals surface area (Å²) in [6, 6.07) is 19.2. The number of aliphatic hydroxyl groups is 1. The van der Waals surface area contributed by atoms with Gasteiger partial charge in [0.05, 0.1) is 5.60 Å². The molecule has 3 heterocycles. The summed E-state index contributed by atoms with van der Waals surface area (Å²) in [6.45, 7) is 5.62. The Labute approximate surface area is 151 Å². The first-order chi connectivity index (χ1) is 12.2. The molecule has 2 bridgehead atoms. The van der Waals surface area contributed by atoms with Crippen LogP contribution in [-0.4, -0.2) is 29.6 Å². The van der Waals surface area contributed by atoms with Crippen molar-refractivity contribution < 1.29 is 5.11 Å². The first kappa shape index (κ1) is 16.8. The van der Waals surface area contributed by atoms with Crippen molar-refractivity contribution >= 4 is 0 Å². The molecule has 3 aliphatic rings. The fourth-order valence-electron chi connectivity index (χ4n) is 4.89. The molecule has 0 radical (unpaired) electrons. The van der Waals surface area contributed by atoms with E-state index in [1.165, 1.54) is 37.1 Å². The molecule has 3 aliphatic heterocycles. The summed E-state index contributed by atoms with van der Waals surface area (Å²) in [7, 11) is 0. The Hall–Kier alpha value is -1.64.